The zero-order valence-corrected chi connectivity index (χ0v) is 8.03. The molecule has 0 aromatic heterocycles. The van der Waals surface area contributed by atoms with Crippen LogP contribution in [-0.4, -0.2) is 6.54 Å². The fraction of sp³-hybridized carbons (Fsp3) is 0.900. The van der Waals surface area contributed by atoms with Crippen molar-refractivity contribution in [2.75, 3.05) is 6.54 Å². The van der Waals surface area contributed by atoms with E-state index in [0.29, 0.717) is 0 Å². The van der Waals surface area contributed by atoms with Crippen LogP contribution in [0.25, 0.3) is 0 Å². The van der Waals surface area contributed by atoms with Gasteiger partial charge in [0.1, 0.15) is 0 Å². The lowest BCUT2D eigenvalue weighted by Crippen LogP contribution is -2.07. The van der Waals surface area contributed by atoms with E-state index in [0.717, 1.165) is 6.54 Å². The monoisotopic (exact) mass is 156 g/mol. The van der Waals surface area contributed by atoms with E-state index in [2.05, 4.69) is 25.7 Å². The molecule has 1 N–H and O–H groups in total. The highest BCUT2D eigenvalue weighted by Crippen LogP contribution is 2.04. The molecule has 1 heteroatoms. The zero-order chi connectivity index (χ0) is 8.36. The van der Waals surface area contributed by atoms with Crippen LogP contribution in [0, 0.1) is 6.54 Å². The Morgan fingerprint density at radius 2 is 1.73 bits per heavy atom. The Hall–Kier alpha value is -0.0400. The van der Waals surface area contributed by atoms with Crippen molar-refractivity contribution in [3.8, 4) is 0 Å². The molecule has 0 saturated heterocycles. The van der Waals surface area contributed by atoms with Crippen LogP contribution in [0.15, 0.2) is 0 Å². The first-order valence-electron chi connectivity index (χ1n) is 4.96. The fourth-order valence-corrected chi connectivity index (χ4v) is 1.10. The lowest BCUT2D eigenvalue weighted by molar-refractivity contribution is 0.613. The van der Waals surface area contributed by atoms with E-state index >= 15 is 0 Å². The Kier molecular flexibility index (Phi) is 9.92. The second-order valence-corrected chi connectivity index (χ2v) is 2.96. The maximum atomic E-state index is 3.21. The van der Waals surface area contributed by atoms with Gasteiger partial charge in [-0.3, -0.25) is 0 Å². The van der Waals surface area contributed by atoms with Crippen molar-refractivity contribution in [2.45, 2.75) is 52.4 Å². The van der Waals surface area contributed by atoms with E-state index in [1.165, 1.54) is 38.5 Å². The molecule has 0 heterocycles. The molecule has 0 spiro atoms. The summed E-state index contributed by atoms with van der Waals surface area (Å²) in [5, 5.41) is 3.21. The van der Waals surface area contributed by atoms with Gasteiger partial charge in [0.05, 0.1) is 0 Å². The van der Waals surface area contributed by atoms with E-state index in [1.807, 2.05) is 0 Å². The van der Waals surface area contributed by atoms with Crippen molar-refractivity contribution < 1.29 is 0 Å². The minimum absolute atomic E-state index is 1.06. The molecule has 0 fully saturated rings. The maximum absolute atomic E-state index is 3.21. The van der Waals surface area contributed by atoms with E-state index in [9.17, 15) is 0 Å². The summed E-state index contributed by atoms with van der Waals surface area (Å²) in [7, 11) is 0. The lowest BCUT2D eigenvalue weighted by atomic mass is 10.1. The fourth-order valence-electron chi connectivity index (χ4n) is 1.10. The molecule has 0 atom stereocenters. The van der Waals surface area contributed by atoms with Gasteiger partial charge in [0.25, 0.3) is 0 Å². The summed E-state index contributed by atoms with van der Waals surface area (Å²) in [6, 6.07) is 0. The van der Waals surface area contributed by atoms with Crippen LogP contribution in [0.2, 0.25) is 0 Å². The van der Waals surface area contributed by atoms with Crippen molar-refractivity contribution >= 4 is 0 Å². The van der Waals surface area contributed by atoms with Crippen molar-refractivity contribution in [3.63, 3.8) is 0 Å². The molecule has 0 aliphatic carbocycles. The molecule has 67 valence electrons. The van der Waals surface area contributed by atoms with Crippen molar-refractivity contribution in [2.24, 2.45) is 0 Å². The summed E-state index contributed by atoms with van der Waals surface area (Å²) < 4.78 is 0. The highest BCUT2D eigenvalue weighted by molar-refractivity contribution is 4.59. The molecular formula is C10H22N. The summed E-state index contributed by atoms with van der Waals surface area (Å²) >= 11 is 0. The standard InChI is InChI=1S/C10H22N/c1-3-5-6-7-8-9-10-11-4-2/h10-11H,3-9H2,1-2H3. The number of rotatable bonds is 8. The molecule has 1 nitrogen and oxygen atoms in total. The number of nitrogens with one attached hydrogen (secondary N) is 1. The van der Waals surface area contributed by atoms with Gasteiger partial charge in [0, 0.05) is 6.54 Å². The molecule has 0 aromatic carbocycles. The Balaban J connectivity index is 2.69. The van der Waals surface area contributed by atoms with Gasteiger partial charge < -0.3 is 5.32 Å². The van der Waals surface area contributed by atoms with Gasteiger partial charge in [0.2, 0.25) is 0 Å². The number of unbranched alkanes of at least 4 members (excludes halogenated alkanes) is 5. The van der Waals surface area contributed by atoms with Crippen LogP contribution in [-0.2, 0) is 0 Å². The Bertz CT molecular complexity index is 53.9. The molecule has 0 bridgehead atoms. The predicted molar refractivity (Wildman–Crippen MR) is 51.4 cm³/mol. The highest BCUT2D eigenvalue weighted by atomic mass is 14.8. The zero-order valence-electron chi connectivity index (χ0n) is 8.03. The third-order valence-corrected chi connectivity index (χ3v) is 1.80. The third kappa shape index (κ3) is 9.96. The first-order valence-corrected chi connectivity index (χ1v) is 4.96. The number of hydrogen-bond donors (Lipinski definition) is 1. The molecule has 0 aromatic rings. The molecular weight excluding hydrogens is 134 g/mol. The second-order valence-electron chi connectivity index (χ2n) is 2.96. The van der Waals surface area contributed by atoms with Crippen LogP contribution in [0.1, 0.15) is 52.4 Å². The molecule has 11 heavy (non-hydrogen) atoms. The largest absolute Gasteiger partial charge is 0.313 e. The average molecular weight is 156 g/mol. The first-order chi connectivity index (χ1) is 5.41. The van der Waals surface area contributed by atoms with Gasteiger partial charge in [-0.1, -0.05) is 46.0 Å². The summed E-state index contributed by atoms with van der Waals surface area (Å²) in [6.45, 7) is 7.64. The van der Waals surface area contributed by atoms with Crippen molar-refractivity contribution in [1.29, 1.82) is 0 Å². The predicted octanol–water partition coefficient (Wildman–Crippen LogP) is 3.12. The SMILES string of the molecule is CCCCCCC[CH]NCC. The normalized spacial score (nSPS) is 10.4. The summed E-state index contributed by atoms with van der Waals surface area (Å²) in [4.78, 5) is 0. The molecule has 0 aliphatic rings. The van der Waals surface area contributed by atoms with Crippen LogP contribution in [0.3, 0.4) is 0 Å². The molecule has 0 saturated carbocycles. The molecule has 0 rings (SSSR count). The Morgan fingerprint density at radius 1 is 1.00 bits per heavy atom. The summed E-state index contributed by atoms with van der Waals surface area (Å²) in [5.74, 6) is 0. The minimum Gasteiger partial charge on any atom is -0.313 e. The van der Waals surface area contributed by atoms with Crippen LogP contribution in [0.5, 0.6) is 0 Å². The molecule has 0 aliphatic heterocycles. The maximum Gasteiger partial charge on any atom is 0.0221 e. The van der Waals surface area contributed by atoms with Gasteiger partial charge >= 0.3 is 0 Å². The van der Waals surface area contributed by atoms with E-state index in [4.69, 9.17) is 0 Å². The first kappa shape index (κ1) is 11.0. The smallest absolute Gasteiger partial charge is 0.0221 e. The lowest BCUT2D eigenvalue weighted by Gasteiger charge is -2.00. The van der Waals surface area contributed by atoms with Crippen LogP contribution >= 0.6 is 0 Å². The Labute approximate surface area is 71.6 Å². The average Bonchev–Trinajstić information content (AvgIpc) is 2.03. The summed E-state index contributed by atoms with van der Waals surface area (Å²) in [5.41, 5.74) is 0. The Morgan fingerprint density at radius 3 is 2.36 bits per heavy atom. The molecule has 0 unspecified atom stereocenters. The van der Waals surface area contributed by atoms with Crippen LogP contribution in [0.4, 0.5) is 0 Å². The highest BCUT2D eigenvalue weighted by Gasteiger charge is 1.88. The van der Waals surface area contributed by atoms with Crippen molar-refractivity contribution in [1.82, 2.24) is 5.32 Å². The quantitative estimate of drug-likeness (QED) is 0.532. The third-order valence-electron chi connectivity index (χ3n) is 1.80. The molecule has 0 amide bonds. The van der Waals surface area contributed by atoms with E-state index < -0.39 is 0 Å². The second kappa shape index (κ2) is 9.96. The van der Waals surface area contributed by atoms with Gasteiger partial charge in [-0.15, -0.1) is 0 Å². The van der Waals surface area contributed by atoms with Gasteiger partial charge in [-0.25, -0.2) is 0 Å². The minimum atomic E-state index is 1.06. The van der Waals surface area contributed by atoms with E-state index in [1.54, 1.807) is 0 Å². The number of hydrogen-bond acceptors (Lipinski definition) is 1. The topological polar surface area (TPSA) is 12.0 Å². The van der Waals surface area contributed by atoms with Gasteiger partial charge in [-0.05, 0) is 13.0 Å². The molecule has 1 radical (unpaired) electrons. The van der Waals surface area contributed by atoms with Gasteiger partial charge in [-0.2, -0.15) is 0 Å². The van der Waals surface area contributed by atoms with Gasteiger partial charge in [0.15, 0.2) is 0 Å². The van der Waals surface area contributed by atoms with Crippen molar-refractivity contribution in [3.05, 3.63) is 6.54 Å². The summed E-state index contributed by atoms with van der Waals surface area (Å²) in [6.07, 6.45) is 8.15. The van der Waals surface area contributed by atoms with E-state index in [-0.39, 0.29) is 0 Å². The van der Waals surface area contributed by atoms with Crippen LogP contribution < -0.4 is 5.32 Å².